The van der Waals surface area contributed by atoms with E-state index in [1.807, 2.05) is 0 Å². The van der Waals surface area contributed by atoms with Gasteiger partial charge in [-0.2, -0.15) is 0 Å². The third kappa shape index (κ3) is 4.20. The Balaban J connectivity index is 0.00000138. The van der Waals surface area contributed by atoms with Crippen LogP contribution < -0.4 is 24.8 Å². The molecule has 6 aromatic rings. The minimum Gasteiger partial charge on any atom is -1.00 e. The van der Waals surface area contributed by atoms with Crippen molar-refractivity contribution >= 4 is 34.0 Å². The van der Waals surface area contributed by atoms with Gasteiger partial charge < -0.3 is 24.8 Å². The number of hydrogen-bond acceptors (Lipinski definition) is 0. The first-order chi connectivity index (χ1) is 18.3. The molecular formula is C34H24Cl2N2Zr. The molecule has 0 saturated carbocycles. The summed E-state index contributed by atoms with van der Waals surface area (Å²) in [5, 5.41) is 2.61. The van der Waals surface area contributed by atoms with E-state index >= 15 is 0 Å². The third-order valence-corrected chi connectivity index (χ3v) is 11.4. The van der Waals surface area contributed by atoms with E-state index in [0.29, 0.717) is 0 Å². The standard InChI is InChI=1S/2C17H12N.2ClH.Zr/c2*1-3-7-15-13(5-1)9-10-17(15)18-12-11-14-6-2-4-8-16(14)18;;;/h2*1-9,11-12,17H;2*1H;/q;;;;+2/p-2. The number of nitrogens with zero attached hydrogens (tertiary/aromatic N) is 2. The van der Waals surface area contributed by atoms with Crippen LogP contribution in [-0.4, -0.2) is 9.13 Å². The van der Waals surface area contributed by atoms with E-state index < -0.39 is 23.2 Å². The molecule has 0 saturated heterocycles. The Labute approximate surface area is 252 Å². The predicted molar refractivity (Wildman–Crippen MR) is 149 cm³/mol. The molecule has 0 aliphatic heterocycles. The zero-order valence-electron chi connectivity index (χ0n) is 21.0. The van der Waals surface area contributed by atoms with Gasteiger partial charge in [-0.15, -0.1) is 0 Å². The molecule has 0 radical (unpaired) electrons. The molecule has 5 heteroatoms. The second-order valence-corrected chi connectivity index (χ2v) is 13.4. The van der Waals surface area contributed by atoms with E-state index in [1.165, 1.54) is 44.1 Å². The second-order valence-electron chi connectivity index (χ2n) is 9.95. The molecular weight excluding hydrogens is 599 g/mol. The van der Waals surface area contributed by atoms with Crippen LogP contribution >= 0.6 is 0 Å². The first-order valence-corrected chi connectivity index (χ1v) is 15.3. The molecule has 2 aromatic heterocycles. The molecule has 8 rings (SSSR count). The molecule has 0 spiro atoms. The van der Waals surface area contributed by atoms with E-state index in [2.05, 4.69) is 143 Å². The van der Waals surface area contributed by atoms with Crippen molar-refractivity contribution in [2.75, 3.05) is 0 Å². The summed E-state index contributed by atoms with van der Waals surface area (Å²) in [6, 6.07) is 40.6. The maximum Gasteiger partial charge on any atom is -1.00 e. The molecule has 0 amide bonds. The van der Waals surface area contributed by atoms with Gasteiger partial charge in [0.15, 0.2) is 0 Å². The van der Waals surface area contributed by atoms with Gasteiger partial charge in [-0.05, 0) is 0 Å². The Morgan fingerprint density at radius 3 is 1.36 bits per heavy atom. The quantitative estimate of drug-likeness (QED) is 0.286. The number of benzene rings is 4. The van der Waals surface area contributed by atoms with Crippen LogP contribution in [0.2, 0.25) is 0 Å². The molecule has 0 fully saturated rings. The monoisotopic (exact) mass is 620 g/mol. The van der Waals surface area contributed by atoms with Crippen LogP contribution in [0.5, 0.6) is 0 Å². The van der Waals surface area contributed by atoms with Gasteiger partial charge in [0.1, 0.15) is 0 Å². The Morgan fingerprint density at radius 1 is 0.462 bits per heavy atom. The van der Waals surface area contributed by atoms with Gasteiger partial charge in [-0.1, -0.05) is 0 Å². The number of rotatable bonds is 4. The van der Waals surface area contributed by atoms with Gasteiger partial charge in [0.05, 0.1) is 0 Å². The molecule has 188 valence electrons. The van der Waals surface area contributed by atoms with Crippen molar-refractivity contribution in [1.29, 1.82) is 0 Å². The van der Waals surface area contributed by atoms with Gasteiger partial charge in [0, 0.05) is 0 Å². The molecule has 2 heterocycles. The van der Waals surface area contributed by atoms with Crippen molar-refractivity contribution in [1.82, 2.24) is 9.13 Å². The number of allylic oxidation sites excluding steroid dienone is 2. The van der Waals surface area contributed by atoms with Crippen LogP contribution in [0.15, 0.2) is 128 Å². The molecule has 2 aliphatic carbocycles. The summed E-state index contributed by atoms with van der Waals surface area (Å²) in [6.45, 7) is 0. The van der Waals surface area contributed by atoms with Crippen LogP contribution in [-0.2, 0) is 23.2 Å². The van der Waals surface area contributed by atoms with Gasteiger partial charge in [-0.3, -0.25) is 0 Å². The SMILES string of the molecule is C1=[C]([Zr+2][C]2=Cc3ccccc3C2n2ccc3ccccc32)C(n2ccc3ccccc32)c2ccccc21.[Cl-].[Cl-]. The third-order valence-electron chi connectivity index (χ3n) is 7.90. The molecule has 2 atom stereocenters. The Kier molecular flexibility index (Phi) is 7.02. The number of para-hydroxylation sites is 2. The summed E-state index contributed by atoms with van der Waals surface area (Å²) in [4.78, 5) is 0. The van der Waals surface area contributed by atoms with Crippen LogP contribution in [0, 0.1) is 0 Å². The number of fused-ring (bicyclic) bond motifs is 4. The Morgan fingerprint density at radius 2 is 0.872 bits per heavy atom. The van der Waals surface area contributed by atoms with E-state index in [0.717, 1.165) is 0 Å². The first kappa shape index (κ1) is 26.1. The topological polar surface area (TPSA) is 9.86 Å². The fourth-order valence-corrected chi connectivity index (χ4v) is 10.3. The average Bonchev–Trinajstić information content (AvgIpc) is 3.70. The van der Waals surface area contributed by atoms with Crippen molar-refractivity contribution in [3.63, 3.8) is 0 Å². The van der Waals surface area contributed by atoms with Gasteiger partial charge >= 0.3 is 229 Å². The fraction of sp³-hybridized carbons (Fsp3) is 0.0588. The average molecular weight is 623 g/mol. The van der Waals surface area contributed by atoms with Crippen LogP contribution in [0.4, 0.5) is 0 Å². The largest absolute Gasteiger partial charge is 1.00 e. The summed E-state index contributed by atoms with van der Waals surface area (Å²) in [5.74, 6) is 0. The Bertz CT molecular complexity index is 1760. The van der Waals surface area contributed by atoms with Gasteiger partial charge in [0.2, 0.25) is 0 Å². The summed E-state index contributed by atoms with van der Waals surface area (Å²) in [7, 11) is 0. The van der Waals surface area contributed by atoms with E-state index in [1.54, 1.807) is 6.56 Å². The minimum atomic E-state index is -1.13. The minimum absolute atomic E-state index is 0. The van der Waals surface area contributed by atoms with Crippen LogP contribution in [0.3, 0.4) is 0 Å². The molecule has 2 aliphatic rings. The predicted octanol–water partition coefficient (Wildman–Crippen LogP) is 2.27. The van der Waals surface area contributed by atoms with Gasteiger partial charge in [-0.25, -0.2) is 0 Å². The molecule has 39 heavy (non-hydrogen) atoms. The summed E-state index contributed by atoms with van der Waals surface area (Å²) in [6.07, 6.45) is 9.60. The maximum absolute atomic E-state index is 2.51. The zero-order valence-corrected chi connectivity index (χ0v) is 25.0. The fourth-order valence-electron chi connectivity index (χ4n) is 6.24. The van der Waals surface area contributed by atoms with E-state index in [4.69, 9.17) is 0 Å². The number of halogens is 2. The van der Waals surface area contributed by atoms with E-state index in [-0.39, 0.29) is 36.9 Å². The second kappa shape index (κ2) is 10.5. The van der Waals surface area contributed by atoms with Crippen LogP contribution in [0.25, 0.3) is 34.0 Å². The van der Waals surface area contributed by atoms with Crippen molar-refractivity contribution in [3.8, 4) is 0 Å². The summed E-state index contributed by atoms with van der Waals surface area (Å²) < 4.78 is 8.26. The van der Waals surface area contributed by atoms with Crippen molar-refractivity contribution in [3.05, 3.63) is 150 Å². The van der Waals surface area contributed by atoms with Crippen molar-refractivity contribution in [2.24, 2.45) is 0 Å². The first-order valence-electron chi connectivity index (χ1n) is 12.8. The molecule has 4 aromatic carbocycles. The smallest absolute Gasteiger partial charge is 1.00 e. The zero-order chi connectivity index (χ0) is 24.3. The normalized spacial score (nSPS) is 17.0. The summed E-state index contributed by atoms with van der Waals surface area (Å²) in [5.41, 5.74) is 8.23. The van der Waals surface area contributed by atoms with E-state index in [9.17, 15) is 0 Å². The molecule has 2 unspecified atom stereocenters. The number of aromatic nitrogens is 2. The van der Waals surface area contributed by atoms with Crippen LogP contribution in [0.1, 0.15) is 34.3 Å². The van der Waals surface area contributed by atoms with Crippen molar-refractivity contribution < 1.29 is 48.0 Å². The Hall–Kier alpha value is -3.10. The number of hydrogen-bond donors (Lipinski definition) is 0. The molecule has 2 nitrogen and oxygen atoms in total. The summed E-state index contributed by atoms with van der Waals surface area (Å²) >= 11 is -1.13. The van der Waals surface area contributed by atoms with Gasteiger partial charge in [0.25, 0.3) is 0 Å². The van der Waals surface area contributed by atoms with Crippen molar-refractivity contribution in [2.45, 2.75) is 12.1 Å². The molecule has 0 bridgehead atoms. The molecule has 0 N–H and O–H groups in total. The maximum atomic E-state index is 2.51.